The van der Waals surface area contributed by atoms with Gasteiger partial charge in [-0.05, 0) is 91.9 Å². The summed E-state index contributed by atoms with van der Waals surface area (Å²) in [7, 11) is 2.99. The van der Waals surface area contributed by atoms with Gasteiger partial charge >= 0.3 is 0 Å². The maximum Gasteiger partial charge on any atom is 0.200 e. The maximum atomic E-state index is 15.0. The molecule has 0 radical (unpaired) electrons. The molecule has 0 heterocycles. The lowest BCUT2D eigenvalue weighted by atomic mass is 9.75. The molecule has 32 heavy (non-hydrogen) atoms. The van der Waals surface area contributed by atoms with Crippen molar-refractivity contribution in [3.8, 4) is 5.75 Å². The van der Waals surface area contributed by atoms with Gasteiger partial charge in [0.1, 0.15) is 0 Å². The summed E-state index contributed by atoms with van der Waals surface area (Å²) in [4.78, 5) is 0. The molecule has 4 rings (SSSR count). The fourth-order valence-corrected chi connectivity index (χ4v) is 5.55. The first-order chi connectivity index (χ1) is 15.4. The number of methoxy groups -OCH3 is 2. The summed E-state index contributed by atoms with van der Waals surface area (Å²) in [5.41, 5.74) is 1.19. The van der Waals surface area contributed by atoms with Crippen molar-refractivity contribution in [1.29, 1.82) is 0 Å². The number of benzene rings is 2. The summed E-state index contributed by atoms with van der Waals surface area (Å²) in [6.07, 6.45) is 5.91. The minimum atomic E-state index is -0.977. The topological polar surface area (TPSA) is 18.5 Å². The molecule has 2 aliphatic carbocycles. The predicted octanol–water partition coefficient (Wildman–Crippen LogP) is 7.37. The quantitative estimate of drug-likeness (QED) is 0.443. The van der Waals surface area contributed by atoms with E-state index in [1.165, 1.54) is 13.2 Å². The molecule has 0 amide bonds. The molecule has 0 unspecified atom stereocenters. The van der Waals surface area contributed by atoms with Gasteiger partial charge in [0.05, 0.1) is 13.2 Å². The summed E-state index contributed by atoms with van der Waals surface area (Å²) in [6, 6.07) is 6.48. The van der Waals surface area contributed by atoms with Gasteiger partial charge in [-0.1, -0.05) is 18.2 Å². The van der Waals surface area contributed by atoms with E-state index in [4.69, 9.17) is 9.47 Å². The summed E-state index contributed by atoms with van der Waals surface area (Å²) in [5.74, 6) is -3.69. The van der Waals surface area contributed by atoms with E-state index in [1.54, 1.807) is 25.3 Å². The smallest absolute Gasteiger partial charge is 0.200 e. The molecule has 174 valence electrons. The molecule has 0 spiro atoms. The van der Waals surface area contributed by atoms with Crippen LogP contribution in [0.5, 0.6) is 5.75 Å². The summed E-state index contributed by atoms with van der Waals surface area (Å²) in [5, 5.41) is 0. The highest BCUT2D eigenvalue weighted by Crippen LogP contribution is 2.44. The Labute approximate surface area is 186 Å². The second-order valence-electron chi connectivity index (χ2n) is 9.11. The van der Waals surface area contributed by atoms with Gasteiger partial charge in [-0.25, -0.2) is 13.2 Å². The first-order valence-electron chi connectivity index (χ1n) is 11.5. The summed E-state index contributed by atoms with van der Waals surface area (Å²) < 4.78 is 68.8. The number of rotatable bonds is 5. The Morgan fingerprint density at radius 1 is 0.562 bits per heavy atom. The third-order valence-electron chi connectivity index (χ3n) is 7.49. The molecule has 0 N–H and O–H groups in total. The highest BCUT2D eigenvalue weighted by atomic mass is 19.2. The minimum Gasteiger partial charge on any atom is -0.494 e. The molecule has 2 nitrogen and oxygen atoms in total. The first kappa shape index (κ1) is 23.1. The molecule has 2 aromatic carbocycles. The van der Waals surface area contributed by atoms with Crippen molar-refractivity contribution in [2.24, 2.45) is 0 Å². The fourth-order valence-electron chi connectivity index (χ4n) is 5.55. The Kier molecular flexibility index (Phi) is 7.08. The zero-order valence-corrected chi connectivity index (χ0v) is 18.6. The molecule has 2 saturated carbocycles. The Hall–Kier alpha value is -2.08. The van der Waals surface area contributed by atoms with Crippen LogP contribution in [0.1, 0.15) is 85.8 Å². The van der Waals surface area contributed by atoms with E-state index in [0.717, 1.165) is 25.7 Å². The molecule has 0 bridgehead atoms. The van der Waals surface area contributed by atoms with Crippen LogP contribution in [0.3, 0.4) is 0 Å². The third-order valence-corrected chi connectivity index (χ3v) is 7.49. The van der Waals surface area contributed by atoms with Crippen LogP contribution < -0.4 is 4.74 Å². The molecule has 0 atom stereocenters. The van der Waals surface area contributed by atoms with Crippen LogP contribution >= 0.6 is 0 Å². The van der Waals surface area contributed by atoms with E-state index in [0.29, 0.717) is 42.4 Å². The lowest BCUT2D eigenvalue weighted by molar-refractivity contribution is 0.0655. The Morgan fingerprint density at radius 3 is 1.34 bits per heavy atom. The van der Waals surface area contributed by atoms with Crippen molar-refractivity contribution in [2.45, 2.75) is 75.2 Å². The van der Waals surface area contributed by atoms with E-state index in [9.17, 15) is 13.2 Å². The van der Waals surface area contributed by atoms with Crippen LogP contribution in [0.2, 0.25) is 0 Å². The standard InChI is InChI=1S/C26H30F4O2/c1-31-18-9-7-17(8-10-18)20-12-11-19(23(27)24(20)28)15-3-5-16(6-4-15)21-13-14-22(32-2)26(30)25(21)29/h11-18H,3-10H2,1-2H3. The predicted molar refractivity (Wildman–Crippen MR) is 115 cm³/mol. The zero-order chi connectivity index (χ0) is 22.8. The average molecular weight is 451 g/mol. The Bertz CT molecular complexity index is 945. The Morgan fingerprint density at radius 2 is 0.938 bits per heavy atom. The van der Waals surface area contributed by atoms with Crippen LogP contribution in [0.4, 0.5) is 17.6 Å². The lowest BCUT2D eigenvalue weighted by Crippen LogP contribution is -2.20. The number of hydrogen-bond donors (Lipinski definition) is 0. The van der Waals surface area contributed by atoms with E-state index in [-0.39, 0.29) is 29.6 Å². The van der Waals surface area contributed by atoms with Gasteiger partial charge < -0.3 is 9.47 Å². The fraction of sp³-hybridized carbons (Fsp3) is 0.538. The van der Waals surface area contributed by atoms with Gasteiger partial charge in [0.2, 0.25) is 5.82 Å². The van der Waals surface area contributed by atoms with E-state index < -0.39 is 23.3 Å². The van der Waals surface area contributed by atoms with Gasteiger partial charge in [0, 0.05) is 7.11 Å². The molecule has 6 heteroatoms. The van der Waals surface area contributed by atoms with Crippen molar-refractivity contribution in [1.82, 2.24) is 0 Å². The number of ether oxygens (including phenoxy) is 2. The van der Waals surface area contributed by atoms with Crippen molar-refractivity contribution in [2.75, 3.05) is 14.2 Å². The van der Waals surface area contributed by atoms with Crippen molar-refractivity contribution in [3.63, 3.8) is 0 Å². The molecule has 2 aromatic rings. The van der Waals surface area contributed by atoms with E-state index in [1.807, 2.05) is 0 Å². The van der Waals surface area contributed by atoms with Gasteiger partial charge in [-0.2, -0.15) is 4.39 Å². The Balaban J connectivity index is 1.45. The monoisotopic (exact) mass is 450 g/mol. The first-order valence-corrected chi connectivity index (χ1v) is 11.5. The molecule has 0 saturated heterocycles. The molecular weight excluding hydrogens is 420 g/mol. The van der Waals surface area contributed by atoms with Crippen molar-refractivity contribution >= 4 is 0 Å². The second-order valence-corrected chi connectivity index (χ2v) is 9.11. The van der Waals surface area contributed by atoms with Crippen molar-refractivity contribution < 1.29 is 27.0 Å². The van der Waals surface area contributed by atoms with Gasteiger partial charge in [-0.15, -0.1) is 0 Å². The normalized spacial score (nSPS) is 26.2. The van der Waals surface area contributed by atoms with Crippen molar-refractivity contribution in [3.05, 3.63) is 64.2 Å². The highest BCUT2D eigenvalue weighted by molar-refractivity contribution is 5.35. The highest BCUT2D eigenvalue weighted by Gasteiger charge is 2.31. The van der Waals surface area contributed by atoms with Crippen LogP contribution in [0, 0.1) is 23.3 Å². The van der Waals surface area contributed by atoms with Crippen LogP contribution in [0.25, 0.3) is 0 Å². The summed E-state index contributed by atoms with van der Waals surface area (Å²) in [6.45, 7) is 0. The van der Waals surface area contributed by atoms with Gasteiger partial charge in [0.15, 0.2) is 23.2 Å². The molecule has 0 aromatic heterocycles. The van der Waals surface area contributed by atoms with Crippen LogP contribution in [-0.4, -0.2) is 20.3 Å². The van der Waals surface area contributed by atoms with Gasteiger partial charge in [-0.3, -0.25) is 0 Å². The zero-order valence-electron chi connectivity index (χ0n) is 18.6. The largest absolute Gasteiger partial charge is 0.494 e. The van der Waals surface area contributed by atoms with E-state index >= 15 is 4.39 Å². The van der Waals surface area contributed by atoms with Crippen LogP contribution in [-0.2, 0) is 4.74 Å². The number of hydrogen-bond acceptors (Lipinski definition) is 2. The maximum absolute atomic E-state index is 15.0. The second kappa shape index (κ2) is 9.82. The lowest BCUT2D eigenvalue weighted by Gasteiger charge is -2.31. The SMILES string of the molecule is COc1ccc(C2CCC(c3ccc(C4CCC(OC)CC4)c(F)c3F)CC2)c(F)c1F. The van der Waals surface area contributed by atoms with Gasteiger partial charge in [0.25, 0.3) is 0 Å². The van der Waals surface area contributed by atoms with E-state index in [2.05, 4.69) is 0 Å². The average Bonchev–Trinajstić information content (AvgIpc) is 2.83. The molecule has 2 aliphatic rings. The molecular formula is C26H30F4O2. The minimum absolute atomic E-state index is 0.0219. The molecule has 0 aliphatic heterocycles. The number of halogens is 4. The third kappa shape index (κ3) is 4.39. The molecule has 2 fully saturated rings. The summed E-state index contributed by atoms with van der Waals surface area (Å²) >= 11 is 0. The van der Waals surface area contributed by atoms with Crippen LogP contribution in [0.15, 0.2) is 24.3 Å².